The summed E-state index contributed by atoms with van der Waals surface area (Å²) in [6.07, 6.45) is 4.47. The van der Waals surface area contributed by atoms with E-state index in [0.717, 1.165) is 73.5 Å². The molecule has 1 atom stereocenters. The van der Waals surface area contributed by atoms with Gasteiger partial charge in [-0.25, -0.2) is 4.99 Å². The molecule has 1 unspecified atom stereocenters. The molecule has 2 aliphatic rings. The fourth-order valence-electron chi connectivity index (χ4n) is 5.65. The van der Waals surface area contributed by atoms with Crippen molar-refractivity contribution < 1.29 is 9.13 Å². The zero-order valence-corrected chi connectivity index (χ0v) is 23.7. The van der Waals surface area contributed by atoms with Crippen LogP contribution in [0.4, 0.5) is 10.1 Å². The summed E-state index contributed by atoms with van der Waals surface area (Å²) in [6.45, 7) is 4.11. The minimum absolute atomic E-state index is 0.127. The summed E-state index contributed by atoms with van der Waals surface area (Å²) in [5, 5.41) is 1.27. The molecule has 5 rings (SSSR count). The summed E-state index contributed by atoms with van der Waals surface area (Å²) in [7, 11) is 0. The summed E-state index contributed by atoms with van der Waals surface area (Å²) in [4.78, 5) is 6.76. The lowest BCUT2D eigenvalue weighted by Gasteiger charge is -2.19. The molecule has 1 heterocycles. The highest BCUT2D eigenvalue weighted by atomic mass is 35.5. The zero-order chi connectivity index (χ0) is 27.4. The van der Waals surface area contributed by atoms with Crippen LogP contribution in [0.1, 0.15) is 54.9 Å². The van der Waals surface area contributed by atoms with Crippen LogP contribution in [0.5, 0.6) is 5.75 Å². The van der Waals surface area contributed by atoms with Crippen LogP contribution in [0.2, 0.25) is 10.0 Å². The van der Waals surface area contributed by atoms with Gasteiger partial charge < -0.3 is 10.5 Å². The Bertz CT molecular complexity index is 1380. The highest BCUT2D eigenvalue weighted by Crippen LogP contribution is 2.43. The van der Waals surface area contributed by atoms with E-state index in [1.54, 1.807) is 6.92 Å². The number of aliphatic imine (C=N–C) groups is 1. The molecule has 0 spiro atoms. The maximum absolute atomic E-state index is 12.6. The predicted molar refractivity (Wildman–Crippen MR) is 161 cm³/mol. The molecule has 204 valence electrons. The Morgan fingerprint density at radius 3 is 2.59 bits per heavy atom. The normalized spacial score (nSPS) is 18.3. The Hall–Kier alpha value is -2.86. The summed E-state index contributed by atoms with van der Waals surface area (Å²) in [5.41, 5.74) is 13.6. The van der Waals surface area contributed by atoms with Crippen LogP contribution in [-0.2, 0) is 6.42 Å². The lowest BCUT2D eigenvalue weighted by atomic mass is 9.87. The molecule has 1 fully saturated rings. The van der Waals surface area contributed by atoms with Gasteiger partial charge in [-0.2, -0.15) is 0 Å². The maximum Gasteiger partial charge on any atom is 0.119 e. The van der Waals surface area contributed by atoms with Crippen molar-refractivity contribution in [2.45, 2.75) is 45.1 Å². The summed E-state index contributed by atoms with van der Waals surface area (Å²) >= 11 is 13.0. The van der Waals surface area contributed by atoms with Gasteiger partial charge in [-0.1, -0.05) is 47.5 Å². The molecule has 0 aromatic heterocycles. The van der Waals surface area contributed by atoms with E-state index in [4.69, 9.17) is 33.7 Å². The molecule has 7 heteroatoms. The highest BCUT2D eigenvalue weighted by molar-refractivity contribution is 6.36. The molecule has 2 N–H and O–H groups in total. The second-order valence-corrected chi connectivity index (χ2v) is 11.2. The quantitative estimate of drug-likeness (QED) is 0.221. The van der Waals surface area contributed by atoms with Crippen molar-refractivity contribution in [1.29, 1.82) is 0 Å². The number of ether oxygens (including phenoxy) is 1. The minimum Gasteiger partial charge on any atom is -0.489 e. The maximum atomic E-state index is 12.6. The van der Waals surface area contributed by atoms with E-state index in [0.29, 0.717) is 22.3 Å². The lowest BCUT2D eigenvalue weighted by molar-refractivity contribution is 0.198. The van der Waals surface area contributed by atoms with Crippen molar-refractivity contribution in [2.24, 2.45) is 10.7 Å². The first-order valence-electron chi connectivity index (χ1n) is 13.6. The largest absolute Gasteiger partial charge is 0.489 e. The number of amidine groups is 1. The van der Waals surface area contributed by atoms with Gasteiger partial charge >= 0.3 is 0 Å². The van der Waals surface area contributed by atoms with Gasteiger partial charge in [0.1, 0.15) is 11.9 Å². The Morgan fingerprint density at radius 2 is 1.85 bits per heavy atom. The molecule has 3 aromatic rings. The number of benzene rings is 3. The fraction of sp³-hybridized carbons (Fsp3) is 0.344. The van der Waals surface area contributed by atoms with E-state index < -0.39 is 0 Å². The summed E-state index contributed by atoms with van der Waals surface area (Å²) in [5.74, 6) is 1.39. The van der Waals surface area contributed by atoms with E-state index in [-0.39, 0.29) is 12.8 Å². The molecule has 0 amide bonds. The summed E-state index contributed by atoms with van der Waals surface area (Å²) < 4.78 is 18.9. The average molecular weight is 567 g/mol. The lowest BCUT2D eigenvalue weighted by Crippen LogP contribution is -2.26. The zero-order valence-electron chi connectivity index (χ0n) is 22.2. The highest BCUT2D eigenvalue weighted by Gasteiger charge is 2.25. The van der Waals surface area contributed by atoms with Gasteiger partial charge in [0.25, 0.3) is 0 Å². The van der Waals surface area contributed by atoms with E-state index in [1.807, 2.05) is 24.3 Å². The first-order valence-corrected chi connectivity index (χ1v) is 14.3. The van der Waals surface area contributed by atoms with Crippen LogP contribution < -0.4 is 10.5 Å². The Morgan fingerprint density at radius 1 is 1.05 bits per heavy atom. The molecule has 1 aliphatic carbocycles. The van der Waals surface area contributed by atoms with Crippen molar-refractivity contribution >= 4 is 45.9 Å². The summed E-state index contributed by atoms with van der Waals surface area (Å²) in [6, 6.07) is 20.4. The third-order valence-electron chi connectivity index (χ3n) is 7.38. The molecule has 0 bridgehead atoms. The third-order valence-corrected chi connectivity index (χ3v) is 7.93. The number of rotatable bonds is 8. The second-order valence-electron chi connectivity index (χ2n) is 10.3. The smallest absolute Gasteiger partial charge is 0.119 e. The van der Waals surface area contributed by atoms with E-state index in [2.05, 4.69) is 46.3 Å². The molecule has 1 saturated heterocycles. The molecule has 0 saturated carbocycles. The number of nitrogens with zero attached hydrogens (tertiary/aromatic N) is 2. The van der Waals surface area contributed by atoms with Gasteiger partial charge in [0, 0.05) is 29.7 Å². The number of nitrogens with two attached hydrogens (primary N) is 1. The van der Waals surface area contributed by atoms with Crippen molar-refractivity contribution in [3.05, 3.63) is 93.0 Å². The van der Waals surface area contributed by atoms with Crippen LogP contribution in [-0.4, -0.2) is 43.1 Å². The number of aryl methyl sites for hydroxylation is 1. The predicted octanol–water partition coefficient (Wildman–Crippen LogP) is 8.11. The topological polar surface area (TPSA) is 50.9 Å². The Balaban J connectivity index is 1.51. The number of fused-ring (bicyclic) bond motifs is 1. The van der Waals surface area contributed by atoms with Crippen molar-refractivity contribution in [3.63, 3.8) is 0 Å². The van der Waals surface area contributed by atoms with Gasteiger partial charge in [0.2, 0.25) is 0 Å². The molecule has 1 aliphatic heterocycles. The minimum atomic E-state index is -0.271. The Kier molecular flexibility index (Phi) is 8.91. The SMILES string of the molecule is CC(N)=Nc1ccc2c(c1)CCCC(c1ccc(Cl)cc1Cl)=C2c1ccc(OC2CCN(CCCF)C2)cc1. The van der Waals surface area contributed by atoms with Crippen LogP contribution >= 0.6 is 23.2 Å². The molecular formula is C32H34Cl2FN3O. The molecule has 4 nitrogen and oxygen atoms in total. The van der Waals surface area contributed by atoms with Gasteiger partial charge in [-0.15, -0.1) is 0 Å². The average Bonchev–Trinajstić information content (AvgIpc) is 3.27. The number of halogens is 3. The molecular weight excluding hydrogens is 532 g/mol. The van der Waals surface area contributed by atoms with Crippen LogP contribution in [0.15, 0.2) is 65.7 Å². The van der Waals surface area contributed by atoms with Crippen molar-refractivity contribution in [1.82, 2.24) is 4.90 Å². The van der Waals surface area contributed by atoms with E-state index >= 15 is 0 Å². The monoisotopic (exact) mass is 565 g/mol. The van der Waals surface area contributed by atoms with Gasteiger partial charge in [-0.3, -0.25) is 9.29 Å². The second kappa shape index (κ2) is 12.5. The Labute approximate surface area is 240 Å². The molecule has 0 radical (unpaired) electrons. The van der Waals surface area contributed by atoms with Gasteiger partial charge in [0.05, 0.1) is 18.2 Å². The standard InChI is InChI=1S/C32H34Cl2FN3O/c1-21(36)37-25-9-13-28-23(18-25)4-2-5-30(29-12-8-24(33)19-31(29)34)32(28)22-6-10-26(11-7-22)39-27-14-17-38(20-27)16-3-15-35/h6-13,18-19,27H,2-5,14-17,20H2,1H3,(H2,36,37). The van der Waals surface area contributed by atoms with Crippen molar-refractivity contribution in [2.75, 3.05) is 26.3 Å². The number of alkyl halides is 1. The van der Waals surface area contributed by atoms with Crippen LogP contribution in [0.25, 0.3) is 11.1 Å². The molecule has 39 heavy (non-hydrogen) atoms. The van der Waals surface area contributed by atoms with E-state index in [9.17, 15) is 4.39 Å². The molecule has 3 aromatic carbocycles. The number of hydrogen-bond acceptors (Lipinski definition) is 3. The number of hydrogen-bond donors (Lipinski definition) is 1. The van der Waals surface area contributed by atoms with Gasteiger partial charge in [-0.05, 0) is 109 Å². The van der Waals surface area contributed by atoms with Crippen molar-refractivity contribution in [3.8, 4) is 5.75 Å². The first-order chi connectivity index (χ1) is 18.9. The van der Waals surface area contributed by atoms with E-state index in [1.165, 1.54) is 16.7 Å². The van der Waals surface area contributed by atoms with Gasteiger partial charge in [0.15, 0.2) is 0 Å². The number of likely N-dealkylation sites (tertiary alicyclic amines) is 1. The first kappa shape index (κ1) is 27.7. The van der Waals surface area contributed by atoms with Crippen LogP contribution in [0, 0.1) is 0 Å². The van der Waals surface area contributed by atoms with Crippen LogP contribution in [0.3, 0.4) is 0 Å². The third kappa shape index (κ3) is 6.66. The number of allylic oxidation sites excluding steroid dienone is 1. The fourth-order valence-corrected chi connectivity index (χ4v) is 6.18.